The second-order valence-corrected chi connectivity index (χ2v) is 15.3. The normalized spacial score (nSPS) is 23.0. The molecule has 2 aliphatic rings. The predicted molar refractivity (Wildman–Crippen MR) is 110 cm³/mol. The van der Waals surface area contributed by atoms with Gasteiger partial charge in [-0.1, -0.05) is 45.4 Å². The highest BCUT2D eigenvalue weighted by Gasteiger charge is 2.53. The largest absolute Gasteiger partial charge is 0.518 e. The van der Waals surface area contributed by atoms with Crippen molar-refractivity contribution in [2.45, 2.75) is 107 Å². The van der Waals surface area contributed by atoms with Crippen LogP contribution in [0.5, 0.6) is 0 Å². The number of carbonyl (C=O) groups excluding carboxylic acids is 1. The summed E-state index contributed by atoms with van der Waals surface area (Å²) in [5.74, 6) is -0.0529. The monoisotopic (exact) mass is 399 g/mol. The highest BCUT2D eigenvalue weighted by Crippen LogP contribution is 2.50. The van der Waals surface area contributed by atoms with Crippen LogP contribution in [0.1, 0.15) is 84.5 Å². The van der Waals surface area contributed by atoms with Crippen LogP contribution in [0.25, 0.3) is 0 Å². The molecule has 0 aromatic carbocycles. The van der Waals surface area contributed by atoms with Crippen LogP contribution >= 0.6 is 0 Å². The second-order valence-electron chi connectivity index (χ2n) is 8.62. The van der Waals surface area contributed by atoms with Crippen molar-refractivity contribution < 1.29 is 18.1 Å². The Bertz CT molecular complexity index is 425. The maximum atomic E-state index is 13.4. The number of carbonyl (C=O) groups is 1. The molecule has 0 aromatic heterocycles. The summed E-state index contributed by atoms with van der Waals surface area (Å²) in [6.07, 6.45) is 13.6. The van der Waals surface area contributed by atoms with Crippen molar-refractivity contribution in [3.05, 3.63) is 0 Å². The molecule has 0 heterocycles. The van der Waals surface area contributed by atoms with Crippen LogP contribution in [0, 0.1) is 0 Å². The zero-order valence-corrected chi connectivity index (χ0v) is 19.6. The molecule has 26 heavy (non-hydrogen) atoms. The van der Waals surface area contributed by atoms with Crippen LogP contribution in [0.3, 0.4) is 0 Å². The third-order valence-electron chi connectivity index (χ3n) is 7.12. The Morgan fingerprint density at radius 2 is 1.38 bits per heavy atom. The van der Waals surface area contributed by atoms with Crippen molar-refractivity contribution in [2.75, 3.05) is 14.2 Å². The van der Waals surface area contributed by atoms with Gasteiger partial charge in [-0.25, -0.2) is 0 Å². The summed E-state index contributed by atoms with van der Waals surface area (Å²) in [5, 5.41) is -0.647. The minimum atomic E-state index is -2.15. The average Bonchev–Trinajstić information content (AvgIpc) is 2.69. The molecule has 1 unspecified atom stereocenters. The minimum Gasteiger partial charge on any atom is -0.518 e. The second kappa shape index (κ2) is 9.85. The zero-order valence-electron chi connectivity index (χ0n) is 17.6. The molecule has 4 nitrogen and oxygen atoms in total. The molecule has 1 atom stereocenters. The summed E-state index contributed by atoms with van der Waals surface area (Å²) in [7, 11) is -0.545. The molecule has 0 aromatic rings. The first-order chi connectivity index (χ1) is 12.4. The molecule has 2 rings (SSSR count). The van der Waals surface area contributed by atoms with E-state index in [1.165, 1.54) is 64.2 Å². The van der Waals surface area contributed by atoms with E-state index in [1.807, 2.05) is 13.8 Å². The van der Waals surface area contributed by atoms with Gasteiger partial charge in [0.25, 0.3) is 14.3 Å². The lowest BCUT2D eigenvalue weighted by Crippen LogP contribution is -2.52. The van der Waals surface area contributed by atoms with Crippen LogP contribution in [-0.4, -0.2) is 37.8 Å². The van der Waals surface area contributed by atoms with Gasteiger partial charge in [0, 0.05) is 14.2 Å². The summed E-state index contributed by atoms with van der Waals surface area (Å²) in [6, 6.07) is 0. The molecular weight excluding hydrogens is 360 g/mol. The summed E-state index contributed by atoms with van der Waals surface area (Å²) in [6.45, 7) is 6.40. The Morgan fingerprint density at radius 3 is 1.73 bits per heavy atom. The van der Waals surface area contributed by atoms with Gasteiger partial charge in [0.1, 0.15) is 5.04 Å². The Kier molecular flexibility index (Phi) is 8.38. The van der Waals surface area contributed by atoms with Gasteiger partial charge in [0.05, 0.1) is 0 Å². The lowest BCUT2D eigenvalue weighted by atomic mass is 9.99. The van der Waals surface area contributed by atoms with Gasteiger partial charge in [-0.15, -0.1) is 0 Å². The first-order valence-electron chi connectivity index (χ1n) is 10.6. The molecular formula is C20H39O4Si2. The molecule has 0 bridgehead atoms. The van der Waals surface area contributed by atoms with E-state index in [0.717, 1.165) is 0 Å². The molecule has 0 N–H and O–H groups in total. The quantitative estimate of drug-likeness (QED) is 0.489. The van der Waals surface area contributed by atoms with Crippen molar-refractivity contribution in [3.8, 4) is 0 Å². The van der Waals surface area contributed by atoms with Crippen LogP contribution in [0.15, 0.2) is 0 Å². The summed E-state index contributed by atoms with van der Waals surface area (Å²) in [5.41, 5.74) is 1.26. The van der Waals surface area contributed by atoms with Crippen LogP contribution in [0.2, 0.25) is 22.7 Å². The van der Waals surface area contributed by atoms with Crippen LogP contribution in [-0.2, 0) is 18.1 Å². The first kappa shape index (κ1) is 22.1. The maximum absolute atomic E-state index is 13.4. The molecule has 0 aliphatic heterocycles. The predicted octanol–water partition coefficient (Wildman–Crippen LogP) is 5.72. The van der Waals surface area contributed by atoms with E-state index in [4.69, 9.17) is 13.3 Å². The van der Waals surface area contributed by atoms with Gasteiger partial charge in [0.15, 0.2) is 0 Å². The first-order valence-corrected chi connectivity index (χ1v) is 14.5. The van der Waals surface area contributed by atoms with Crippen molar-refractivity contribution in [1.29, 1.82) is 0 Å². The Morgan fingerprint density at radius 1 is 0.962 bits per heavy atom. The van der Waals surface area contributed by atoms with Gasteiger partial charge in [-0.3, -0.25) is 4.79 Å². The molecule has 2 aliphatic carbocycles. The van der Waals surface area contributed by atoms with E-state index >= 15 is 0 Å². The molecule has 1 radical (unpaired) electrons. The lowest BCUT2D eigenvalue weighted by Gasteiger charge is -2.45. The fourth-order valence-corrected chi connectivity index (χ4v) is 11.5. The molecule has 151 valence electrons. The Hall–Kier alpha value is -0.176. The summed E-state index contributed by atoms with van der Waals surface area (Å²) < 4.78 is 17.8. The molecule has 2 saturated carbocycles. The number of rotatable bonds is 8. The van der Waals surface area contributed by atoms with Gasteiger partial charge in [-0.2, -0.15) is 0 Å². The fraction of sp³-hybridized carbons (Fsp3) is 0.950. The van der Waals surface area contributed by atoms with Crippen LogP contribution < -0.4 is 0 Å². The third kappa shape index (κ3) is 4.62. The SMILES string of the molecule is CCC(C)(C(=O)O[Si](C)(C1CCCCC1)C1CCCCC1)[Si](OC)OC. The highest BCUT2D eigenvalue weighted by molar-refractivity contribution is 6.77. The molecule has 0 saturated heterocycles. The molecule has 0 spiro atoms. The van der Waals surface area contributed by atoms with Crippen molar-refractivity contribution in [1.82, 2.24) is 0 Å². The number of hydrogen-bond acceptors (Lipinski definition) is 4. The topological polar surface area (TPSA) is 44.8 Å². The van der Waals surface area contributed by atoms with Crippen LogP contribution in [0.4, 0.5) is 0 Å². The minimum absolute atomic E-state index is 0.0529. The molecule has 0 amide bonds. The fourth-order valence-electron chi connectivity index (χ4n) is 5.07. The van der Waals surface area contributed by atoms with E-state index in [2.05, 4.69) is 6.55 Å². The lowest BCUT2D eigenvalue weighted by molar-refractivity contribution is -0.139. The Balaban J connectivity index is 2.25. The van der Waals surface area contributed by atoms with Crippen molar-refractivity contribution in [3.63, 3.8) is 0 Å². The van der Waals surface area contributed by atoms with Gasteiger partial charge in [0.2, 0.25) is 0 Å². The smallest absolute Gasteiger partial charge is 0.402 e. The molecule has 2 fully saturated rings. The highest BCUT2D eigenvalue weighted by atomic mass is 28.4. The molecule has 6 heteroatoms. The standard InChI is InChI=1S/C20H39O4Si2/c1-6-20(2,25(22-3)23-4)19(21)24-26(5,17-13-9-7-10-14-17)18-15-11-8-12-16-18/h17-18H,6-16H2,1-5H3. The Labute approximate surface area is 163 Å². The maximum Gasteiger partial charge on any atom is 0.402 e. The van der Waals surface area contributed by atoms with Gasteiger partial charge in [-0.05, 0) is 56.7 Å². The zero-order chi connectivity index (χ0) is 19.2. The average molecular weight is 400 g/mol. The van der Waals surface area contributed by atoms with Crippen molar-refractivity contribution in [2.24, 2.45) is 0 Å². The summed E-state index contributed by atoms with van der Waals surface area (Å²) >= 11 is 0. The van der Waals surface area contributed by atoms with E-state index in [-0.39, 0.29) is 5.97 Å². The van der Waals surface area contributed by atoms with Crippen molar-refractivity contribution >= 4 is 23.6 Å². The van der Waals surface area contributed by atoms with E-state index in [0.29, 0.717) is 17.5 Å². The van der Waals surface area contributed by atoms with E-state index < -0.39 is 22.6 Å². The third-order valence-corrected chi connectivity index (χ3v) is 14.3. The van der Waals surface area contributed by atoms with Gasteiger partial charge < -0.3 is 13.3 Å². The van der Waals surface area contributed by atoms with E-state index in [1.54, 1.807) is 14.2 Å². The summed E-state index contributed by atoms with van der Waals surface area (Å²) in [4.78, 5) is 13.4. The number of hydrogen-bond donors (Lipinski definition) is 0. The van der Waals surface area contributed by atoms with Gasteiger partial charge >= 0.3 is 9.28 Å². The van der Waals surface area contributed by atoms with E-state index in [9.17, 15) is 4.79 Å².